The predicted octanol–water partition coefficient (Wildman–Crippen LogP) is 3.47. The summed E-state index contributed by atoms with van der Waals surface area (Å²) < 4.78 is 7.95. The third-order valence-electron chi connectivity index (χ3n) is 3.56. The van der Waals surface area contributed by atoms with Gasteiger partial charge in [0.05, 0.1) is 11.4 Å². The molecule has 1 aromatic carbocycles. The van der Waals surface area contributed by atoms with Crippen LogP contribution in [0.25, 0.3) is 0 Å². The van der Waals surface area contributed by atoms with E-state index in [-0.39, 0.29) is 0 Å². The average Bonchev–Trinajstić information content (AvgIpc) is 2.88. The first kappa shape index (κ1) is 15.3. The van der Waals surface area contributed by atoms with Gasteiger partial charge in [0, 0.05) is 12.1 Å². The Hall–Kier alpha value is -2.10. The van der Waals surface area contributed by atoms with E-state index >= 15 is 0 Å². The van der Waals surface area contributed by atoms with Gasteiger partial charge < -0.3 is 4.74 Å². The van der Waals surface area contributed by atoms with Gasteiger partial charge in [-0.1, -0.05) is 6.92 Å². The van der Waals surface area contributed by atoms with Gasteiger partial charge >= 0.3 is 0 Å². The SMILES string of the molecule is CCc1cc(COc2c(C)cc(C=O)cc2C)n(CC)n1. The van der Waals surface area contributed by atoms with Gasteiger partial charge in [-0.2, -0.15) is 5.10 Å². The largest absolute Gasteiger partial charge is 0.487 e. The fourth-order valence-electron chi connectivity index (χ4n) is 2.50. The number of aryl methyl sites for hydroxylation is 4. The lowest BCUT2D eigenvalue weighted by atomic mass is 10.1. The molecule has 2 aromatic rings. The molecule has 0 unspecified atom stereocenters. The van der Waals surface area contributed by atoms with Crippen molar-refractivity contribution in [1.29, 1.82) is 0 Å². The number of hydrogen-bond acceptors (Lipinski definition) is 3. The fourth-order valence-corrected chi connectivity index (χ4v) is 2.50. The van der Waals surface area contributed by atoms with Gasteiger partial charge in [0.1, 0.15) is 18.6 Å². The molecule has 0 spiro atoms. The molecule has 0 aliphatic rings. The highest BCUT2D eigenvalue weighted by Crippen LogP contribution is 2.25. The molecule has 0 aliphatic carbocycles. The average molecular weight is 286 g/mol. The van der Waals surface area contributed by atoms with E-state index in [1.165, 1.54) is 0 Å². The van der Waals surface area contributed by atoms with Gasteiger partial charge in [-0.25, -0.2) is 0 Å². The summed E-state index contributed by atoms with van der Waals surface area (Å²) in [5.74, 6) is 0.850. The van der Waals surface area contributed by atoms with E-state index in [0.717, 1.165) is 47.5 Å². The molecule has 1 aromatic heterocycles. The van der Waals surface area contributed by atoms with Crippen LogP contribution in [0.3, 0.4) is 0 Å². The van der Waals surface area contributed by atoms with Crippen molar-refractivity contribution in [3.63, 3.8) is 0 Å². The number of benzene rings is 1. The minimum Gasteiger partial charge on any atom is -0.487 e. The molecule has 0 fully saturated rings. The maximum atomic E-state index is 10.9. The van der Waals surface area contributed by atoms with Gasteiger partial charge in [0.25, 0.3) is 0 Å². The number of aldehydes is 1. The summed E-state index contributed by atoms with van der Waals surface area (Å²) in [5, 5.41) is 4.52. The molecule has 0 atom stereocenters. The minimum atomic E-state index is 0.489. The first-order valence-electron chi connectivity index (χ1n) is 7.33. The summed E-state index contributed by atoms with van der Waals surface area (Å²) in [4.78, 5) is 10.9. The van der Waals surface area contributed by atoms with Crippen LogP contribution in [0.15, 0.2) is 18.2 Å². The van der Waals surface area contributed by atoms with Gasteiger partial charge in [0.15, 0.2) is 0 Å². The quantitative estimate of drug-likeness (QED) is 0.764. The molecule has 0 saturated carbocycles. The van der Waals surface area contributed by atoms with E-state index in [1.807, 2.05) is 30.7 Å². The van der Waals surface area contributed by atoms with Gasteiger partial charge in [0.2, 0.25) is 0 Å². The first-order valence-corrected chi connectivity index (χ1v) is 7.33. The third kappa shape index (κ3) is 3.32. The standard InChI is InChI=1S/C17H22N2O2/c1-5-15-9-16(19(6-2)18-15)11-21-17-12(3)7-14(10-20)8-13(17)4/h7-10H,5-6,11H2,1-4H3. The van der Waals surface area contributed by atoms with Crippen LogP contribution in [-0.4, -0.2) is 16.1 Å². The van der Waals surface area contributed by atoms with Crippen molar-refractivity contribution in [2.45, 2.75) is 47.3 Å². The second-order valence-corrected chi connectivity index (χ2v) is 5.19. The number of carbonyl (C=O) groups excluding carboxylic acids is 1. The Morgan fingerprint density at radius 1 is 1.19 bits per heavy atom. The summed E-state index contributed by atoms with van der Waals surface area (Å²) in [5.41, 5.74) is 4.81. The fraction of sp³-hybridized carbons (Fsp3) is 0.412. The zero-order chi connectivity index (χ0) is 15.4. The summed E-state index contributed by atoms with van der Waals surface area (Å²) in [6.07, 6.45) is 1.79. The van der Waals surface area contributed by atoms with E-state index in [1.54, 1.807) is 0 Å². The number of carbonyl (C=O) groups is 1. The highest BCUT2D eigenvalue weighted by Gasteiger charge is 2.10. The van der Waals surface area contributed by atoms with E-state index in [4.69, 9.17) is 4.74 Å². The topological polar surface area (TPSA) is 44.1 Å². The molecule has 112 valence electrons. The highest BCUT2D eigenvalue weighted by atomic mass is 16.5. The zero-order valence-electron chi connectivity index (χ0n) is 13.1. The van der Waals surface area contributed by atoms with Crippen molar-refractivity contribution < 1.29 is 9.53 Å². The Kier molecular flexibility index (Phi) is 4.78. The van der Waals surface area contributed by atoms with Crippen molar-refractivity contribution in [2.75, 3.05) is 0 Å². The van der Waals surface area contributed by atoms with Crippen molar-refractivity contribution in [3.05, 3.63) is 46.3 Å². The number of aromatic nitrogens is 2. The molecule has 0 aliphatic heterocycles. The normalized spacial score (nSPS) is 10.7. The number of nitrogens with zero attached hydrogens (tertiary/aromatic N) is 2. The van der Waals surface area contributed by atoms with Crippen LogP contribution in [0.5, 0.6) is 5.75 Å². The molecule has 0 amide bonds. The first-order chi connectivity index (χ1) is 10.1. The van der Waals surface area contributed by atoms with Crippen LogP contribution in [-0.2, 0) is 19.6 Å². The Bertz CT molecular complexity index is 621. The number of rotatable bonds is 6. The maximum absolute atomic E-state index is 10.9. The number of hydrogen-bond donors (Lipinski definition) is 0. The molecule has 1 heterocycles. The molecule has 21 heavy (non-hydrogen) atoms. The van der Waals surface area contributed by atoms with Gasteiger partial charge in [-0.05, 0) is 56.5 Å². The van der Waals surface area contributed by atoms with Crippen molar-refractivity contribution in [1.82, 2.24) is 9.78 Å². The molecule has 0 saturated heterocycles. The van der Waals surface area contributed by atoms with Crippen LogP contribution < -0.4 is 4.74 Å². The third-order valence-corrected chi connectivity index (χ3v) is 3.56. The van der Waals surface area contributed by atoms with Gasteiger partial charge in [-0.15, -0.1) is 0 Å². The zero-order valence-corrected chi connectivity index (χ0v) is 13.1. The van der Waals surface area contributed by atoms with Crippen molar-refractivity contribution >= 4 is 6.29 Å². The van der Waals surface area contributed by atoms with E-state index in [2.05, 4.69) is 25.0 Å². The lowest BCUT2D eigenvalue weighted by Gasteiger charge is -2.13. The second-order valence-electron chi connectivity index (χ2n) is 5.19. The smallest absolute Gasteiger partial charge is 0.150 e. The highest BCUT2D eigenvalue weighted by molar-refractivity contribution is 5.76. The monoisotopic (exact) mass is 286 g/mol. The van der Waals surface area contributed by atoms with Crippen molar-refractivity contribution in [3.8, 4) is 5.75 Å². The van der Waals surface area contributed by atoms with Crippen LogP contribution in [0.4, 0.5) is 0 Å². The molecular weight excluding hydrogens is 264 g/mol. The molecule has 2 rings (SSSR count). The lowest BCUT2D eigenvalue weighted by molar-refractivity contribution is 0.112. The van der Waals surface area contributed by atoms with E-state index in [0.29, 0.717) is 12.2 Å². The summed E-state index contributed by atoms with van der Waals surface area (Å²) in [6, 6.07) is 5.79. The molecule has 0 bridgehead atoms. The minimum absolute atomic E-state index is 0.489. The lowest BCUT2D eigenvalue weighted by Crippen LogP contribution is -2.07. The molecule has 4 heteroatoms. The Balaban J connectivity index is 2.20. The Labute approximate surface area is 125 Å². The number of ether oxygens (including phenoxy) is 1. The van der Waals surface area contributed by atoms with Gasteiger partial charge in [-0.3, -0.25) is 9.48 Å². The maximum Gasteiger partial charge on any atom is 0.150 e. The second kappa shape index (κ2) is 6.57. The molecule has 0 N–H and O–H groups in total. The summed E-state index contributed by atoms with van der Waals surface area (Å²) in [6.45, 7) is 9.42. The van der Waals surface area contributed by atoms with Crippen LogP contribution >= 0.6 is 0 Å². The summed E-state index contributed by atoms with van der Waals surface area (Å²) >= 11 is 0. The van der Waals surface area contributed by atoms with Crippen LogP contribution in [0.2, 0.25) is 0 Å². The predicted molar refractivity (Wildman–Crippen MR) is 82.9 cm³/mol. The van der Waals surface area contributed by atoms with Crippen molar-refractivity contribution in [2.24, 2.45) is 0 Å². The van der Waals surface area contributed by atoms with E-state index < -0.39 is 0 Å². The van der Waals surface area contributed by atoms with Crippen LogP contribution in [0.1, 0.15) is 46.7 Å². The Morgan fingerprint density at radius 3 is 2.38 bits per heavy atom. The molecule has 0 radical (unpaired) electrons. The molecule has 4 nitrogen and oxygen atoms in total. The van der Waals surface area contributed by atoms with Crippen LogP contribution in [0, 0.1) is 13.8 Å². The molecular formula is C17H22N2O2. The Morgan fingerprint density at radius 2 is 1.86 bits per heavy atom. The summed E-state index contributed by atoms with van der Waals surface area (Å²) in [7, 11) is 0. The van der Waals surface area contributed by atoms with E-state index in [9.17, 15) is 4.79 Å².